The fraction of sp³-hybridized carbons (Fsp3) is 0.333. The number of rotatable bonds is 7. The summed E-state index contributed by atoms with van der Waals surface area (Å²) in [5.74, 6) is -0.494. The van der Waals surface area contributed by atoms with Crippen molar-refractivity contribution in [1.29, 1.82) is 0 Å². The Labute approximate surface area is 122 Å². The number of carbonyl (C=O) groups excluding carboxylic acids is 1. The second-order valence-corrected chi connectivity index (χ2v) is 5.79. The van der Waals surface area contributed by atoms with E-state index in [-0.39, 0.29) is 0 Å². The first-order valence-corrected chi connectivity index (χ1v) is 7.68. The molecule has 0 fully saturated rings. The summed E-state index contributed by atoms with van der Waals surface area (Å²) >= 11 is 0. The van der Waals surface area contributed by atoms with E-state index >= 15 is 0 Å². The highest BCUT2D eigenvalue weighted by Gasteiger charge is 2.11. The first kappa shape index (κ1) is 15.4. The lowest BCUT2D eigenvalue weighted by Crippen LogP contribution is -2.32. The number of nitrogens with one attached hydrogen (secondary N) is 3. The lowest BCUT2D eigenvalue weighted by atomic mass is 10.1. The maximum absolute atomic E-state index is 11.4. The van der Waals surface area contributed by atoms with Crippen LogP contribution in [-0.4, -0.2) is 44.5 Å². The van der Waals surface area contributed by atoms with E-state index in [9.17, 15) is 13.2 Å². The summed E-state index contributed by atoms with van der Waals surface area (Å²) in [5.41, 5.74) is 1.82. The molecule has 0 radical (unpaired) electrons. The van der Waals surface area contributed by atoms with Gasteiger partial charge < -0.3 is 10.3 Å². The van der Waals surface area contributed by atoms with E-state index in [0.29, 0.717) is 13.0 Å². The Kier molecular flexibility index (Phi) is 4.89. The first-order chi connectivity index (χ1) is 10.0. The molecule has 2 heterocycles. The second kappa shape index (κ2) is 6.66. The number of hydrogen-bond acceptors (Lipinski definition) is 5. The van der Waals surface area contributed by atoms with Crippen LogP contribution >= 0.6 is 0 Å². The molecule has 0 bridgehead atoms. The Morgan fingerprint density at radius 1 is 1.48 bits per heavy atom. The smallest absolute Gasteiger partial charge is 0.336 e. The highest BCUT2D eigenvalue weighted by Crippen LogP contribution is 2.15. The Balaban J connectivity index is 1.80. The van der Waals surface area contributed by atoms with Crippen molar-refractivity contribution in [3.63, 3.8) is 0 Å². The summed E-state index contributed by atoms with van der Waals surface area (Å²) in [4.78, 5) is 18.7. The summed E-state index contributed by atoms with van der Waals surface area (Å²) < 4.78 is 28.4. The molecule has 9 heteroatoms. The second-order valence-electron chi connectivity index (χ2n) is 4.23. The molecule has 2 aromatic heterocycles. The number of aromatic amines is 1. The van der Waals surface area contributed by atoms with Crippen LogP contribution in [-0.2, 0) is 25.7 Å². The molecule has 114 valence electrons. The van der Waals surface area contributed by atoms with Gasteiger partial charge in [-0.2, -0.15) is 13.1 Å². The number of hydrogen-bond donors (Lipinski definition) is 3. The van der Waals surface area contributed by atoms with Crippen LogP contribution < -0.4 is 10.0 Å². The predicted molar refractivity (Wildman–Crippen MR) is 76.7 cm³/mol. The van der Waals surface area contributed by atoms with Gasteiger partial charge in [-0.25, -0.2) is 9.17 Å². The van der Waals surface area contributed by atoms with Gasteiger partial charge >= 0.3 is 10.3 Å². The van der Waals surface area contributed by atoms with Crippen molar-refractivity contribution in [2.45, 2.75) is 6.42 Å². The van der Waals surface area contributed by atoms with Crippen LogP contribution in [0.3, 0.4) is 0 Å². The van der Waals surface area contributed by atoms with E-state index < -0.39 is 22.8 Å². The van der Waals surface area contributed by atoms with Crippen LogP contribution in [0.25, 0.3) is 11.0 Å². The molecule has 0 aliphatic carbocycles. The number of fused-ring (bicyclic) bond motifs is 1. The quantitative estimate of drug-likeness (QED) is 0.650. The third kappa shape index (κ3) is 4.25. The largest absolute Gasteiger partial charge is 0.354 e. The lowest BCUT2D eigenvalue weighted by molar-refractivity contribution is -0.123. The average molecular weight is 312 g/mol. The van der Waals surface area contributed by atoms with Gasteiger partial charge in [0, 0.05) is 31.4 Å². The fourth-order valence-electron chi connectivity index (χ4n) is 1.80. The number of pyridine rings is 1. The fourth-order valence-corrected chi connectivity index (χ4v) is 2.18. The minimum Gasteiger partial charge on any atom is -0.354 e. The van der Waals surface area contributed by atoms with Crippen molar-refractivity contribution in [1.82, 2.24) is 20.0 Å². The number of aromatic nitrogens is 2. The summed E-state index contributed by atoms with van der Waals surface area (Å²) in [7, 11) is -2.63. The summed E-state index contributed by atoms with van der Waals surface area (Å²) in [6, 6.07) is 3.79. The van der Waals surface area contributed by atoms with Gasteiger partial charge in [-0.3, -0.25) is 4.79 Å². The van der Waals surface area contributed by atoms with Gasteiger partial charge in [0.05, 0.1) is 0 Å². The van der Waals surface area contributed by atoms with E-state index in [1.165, 1.54) is 7.05 Å². The van der Waals surface area contributed by atoms with Crippen LogP contribution in [0.4, 0.5) is 0 Å². The molecule has 8 nitrogen and oxygen atoms in total. The van der Waals surface area contributed by atoms with E-state index in [1.807, 2.05) is 23.1 Å². The van der Waals surface area contributed by atoms with Gasteiger partial charge in [0.2, 0.25) is 5.91 Å². The standard InChI is InChI=1S/C12H16N4O4S/c1-13-21(18,19)20-8-11(17)14-6-4-9-7-16-12-10(9)3-2-5-15-12/h2-3,5,7,13H,4,6,8H2,1H3,(H,14,17)(H,15,16). The molecule has 2 rings (SSSR count). The van der Waals surface area contributed by atoms with Crippen molar-refractivity contribution < 1.29 is 17.4 Å². The van der Waals surface area contributed by atoms with Crippen molar-refractivity contribution in [3.05, 3.63) is 30.1 Å². The lowest BCUT2D eigenvalue weighted by Gasteiger charge is -2.05. The molecule has 0 atom stereocenters. The van der Waals surface area contributed by atoms with Crippen molar-refractivity contribution in [2.75, 3.05) is 20.2 Å². The first-order valence-electron chi connectivity index (χ1n) is 6.27. The van der Waals surface area contributed by atoms with Crippen LogP contribution in [0.5, 0.6) is 0 Å². The SMILES string of the molecule is CNS(=O)(=O)OCC(=O)NCCc1c[nH]c2ncccc12. The van der Waals surface area contributed by atoms with Gasteiger partial charge in [0.1, 0.15) is 12.3 Å². The number of carbonyl (C=O) groups is 1. The van der Waals surface area contributed by atoms with Crippen molar-refractivity contribution >= 4 is 27.2 Å². The molecule has 0 aromatic carbocycles. The van der Waals surface area contributed by atoms with E-state index in [2.05, 4.69) is 19.5 Å². The third-order valence-electron chi connectivity index (χ3n) is 2.85. The molecule has 0 unspecified atom stereocenters. The summed E-state index contributed by atoms with van der Waals surface area (Å²) in [6.45, 7) is -0.164. The van der Waals surface area contributed by atoms with Crippen molar-refractivity contribution in [3.8, 4) is 0 Å². The maximum Gasteiger partial charge on any atom is 0.336 e. The van der Waals surface area contributed by atoms with E-state index in [4.69, 9.17) is 0 Å². The zero-order valence-corrected chi connectivity index (χ0v) is 12.2. The molecule has 0 spiro atoms. The summed E-state index contributed by atoms with van der Waals surface area (Å²) in [5, 5.41) is 3.59. The Morgan fingerprint density at radius 2 is 2.29 bits per heavy atom. The maximum atomic E-state index is 11.4. The molecule has 1 amide bonds. The van der Waals surface area contributed by atoms with E-state index in [1.54, 1.807) is 6.20 Å². The van der Waals surface area contributed by atoms with E-state index in [0.717, 1.165) is 16.6 Å². The highest BCUT2D eigenvalue weighted by atomic mass is 32.2. The minimum atomic E-state index is -3.84. The summed E-state index contributed by atoms with van der Waals surface area (Å²) in [6.07, 6.45) is 4.14. The van der Waals surface area contributed by atoms with Gasteiger partial charge in [-0.05, 0) is 24.1 Å². The zero-order chi connectivity index (χ0) is 15.3. The number of amides is 1. The van der Waals surface area contributed by atoms with Gasteiger partial charge in [0.25, 0.3) is 0 Å². The van der Waals surface area contributed by atoms with Crippen molar-refractivity contribution in [2.24, 2.45) is 0 Å². The molecule has 3 N–H and O–H groups in total. The topological polar surface area (TPSA) is 113 Å². The predicted octanol–water partition coefficient (Wildman–Crippen LogP) is -0.298. The van der Waals surface area contributed by atoms with Crippen LogP contribution in [0.2, 0.25) is 0 Å². The normalized spacial score (nSPS) is 11.7. The monoisotopic (exact) mass is 312 g/mol. The molecule has 0 saturated carbocycles. The van der Waals surface area contributed by atoms with Gasteiger partial charge in [-0.15, -0.1) is 0 Å². The molecule has 0 aliphatic heterocycles. The molecule has 0 aliphatic rings. The number of nitrogens with zero attached hydrogens (tertiary/aromatic N) is 1. The molecule has 0 saturated heterocycles. The van der Waals surface area contributed by atoms with Crippen LogP contribution in [0, 0.1) is 0 Å². The van der Waals surface area contributed by atoms with Gasteiger partial charge in [-0.1, -0.05) is 0 Å². The molecule has 2 aromatic rings. The minimum absolute atomic E-state index is 0.379. The average Bonchev–Trinajstić information content (AvgIpc) is 2.89. The Bertz CT molecular complexity index is 726. The molecule has 21 heavy (non-hydrogen) atoms. The molecular weight excluding hydrogens is 296 g/mol. The van der Waals surface area contributed by atoms with Crippen LogP contribution in [0.15, 0.2) is 24.5 Å². The molecular formula is C12H16N4O4S. The highest BCUT2D eigenvalue weighted by molar-refractivity contribution is 7.84. The van der Waals surface area contributed by atoms with Crippen LogP contribution in [0.1, 0.15) is 5.56 Å². The Hall–Kier alpha value is -1.97. The Morgan fingerprint density at radius 3 is 3.05 bits per heavy atom. The number of H-pyrrole nitrogens is 1. The van der Waals surface area contributed by atoms with Gasteiger partial charge in [0.15, 0.2) is 0 Å². The zero-order valence-electron chi connectivity index (χ0n) is 11.4. The third-order valence-corrected chi connectivity index (χ3v) is 3.78.